The maximum atomic E-state index is 13.6. The molecule has 0 spiro atoms. The summed E-state index contributed by atoms with van der Waals surface area (Å²) in [6.45, 7) is 1.58. The van der Waals surface area contributed by atoms with Crippen LogP contribution in [0.4, 0.5) is 4.39 Å². The van der Waals surface area contributed by atoms with Crippen LogP contribution in [-0.2, 0) is 19.1 Å². The van der Waals surface area contributed by atoms with Gasteiger partial charge in [0, 0.05) is 0 Å². The predicted octanol–water partition coefficient (Wildman–Crippen LogP) is 1.30. The second-order valence-electron chi connectivity index (χ2n) is 4.71. The van der Waals surface area contributed by atoms with E-state index in [9.17, 15) is 18.8 Å². The summed E-state index contributed by atoms with van der Waals surface area (Å²) in [5, 5.41) is 2.39. The molecule has 1 amide bonds. The van der Waals surface area contributed by atoms with Gasteiger partial charge in [0.05, 0.1) is 26.2 Å². The van der Waals surface area contributed by atoms with Gasteiger partial charge in [-0.2, -0.15) is 0 Å². The molecular weight excluding hydrogens is 293 g/mol. The Morgan fingerprint density at radius 1 is 1.18 bits per heavy atom. The van der Waals surface area contributed by atoms with Crippen LogP contribution in [0.25, 0.3) is 0 Å². The highest BCUT2D eigenvalue weighted by molar-refractivity contribution is 5.97. The molecule has 1 aromatic carbocycles. The molecule has 0 bridgehead atoms. The number of benzene rings is 1. The number of esters is 2. The number of amides is 1. The molecule has 1 N–H and O–H groups in total. The van der Waals surface area contributed by atoms with Crippen LogP contribution in [0.1, 0.15) is 23.7 Å². The first-order chi connectivity index (χ1) is 10.4. The van der Waals surface area contributed by atoms with E-state index in [1.807, 2.05) is 0 Å². The van der Waals surface area contributed by atoms with E-state index >= 15 is 0 Å². The lowest BCUT2D eigenvalue weighted by Gasteiger charge is -2.22. The van der Waals surface area contributed by atoms with Gasteiger partial charge in [0.2, 0.25) is 0 Å². The Bertz CT molecular complexity index is 561. The normalized spacial score (nSPS) is 12.9. The molecule has 0 saturated carbocycles. The minimum absolute atomic E-state index is 0.0895. The molecule has 0 saturated heterocycles. The van der Waals surface area contributed by atoms with Crippen molar-refractivity contribution in [2.45, 2.75) is 19.4 Å². The third kappa shape index (κ3) is 4.54. The topological polar surface area (TPSA) is 81.7 Å². The number of rotatable bonds is 6. The molecular formula is C15H18FNO5. The molecule has 120 valence electrons. The largest absolute Gasteiger partial charge is 0.469 e. The minimum atomic E-state index is -1.09. The third-order valence-electron chi connectivity index (χ3n) is 3.15. The van der Waals surface area contributed by atoms with Crippen LogP contribution < -0.4 is 5.32 Å². The van der Waals surface area contributed by atoms with Crippen molar-refractivity contribution in [2.24, 2.45) is 5.92 Å². The molecule has 0 aliphatic carbocycles. The standard InChI is InChI=1S/C15H18FNO5/c1-9(8-12(18)21-2)13(15(20)22-3)17-14(19)10-6-4-5-7-11(10)16/h4-7,9,13H,8H2,1-3H3,(H,17,19)/t9-,13-/m1/s1. The van der Waals surface area contributed by atoms with Gasteiger partial charge in [-0.05, 0) is 18.1 Å². The lowest BCUT2D eigenvalue weighted by atomic mass is 9.97. The monoisotopic (exact) mass is 311 g/mol. The van der Waals surface area contributed by atoms with Crippen molar-refractivity contribution in [1.29, 1.82) is 0 Å². The number of hydrogen-bond acceptors (Lipinski definition) is 5. The lowest BCUT2D eigenvalue weighted by molar-refractivity contribution is -0.146. The van der Waals surface area contributed by atoms with Crippen LogP contribution >= 0.6 is 0 Å². The van der Waals surface area contributed by atoms with Crippen LogP contribution in [-0.4, -0.2) is 38.1 Å². The quantitative estimate of drug-likeness (QED) is 0.801. The zero-order chi connectivity index (χ0) is 16.7. The van der Waals surface area contributed by atoms with Gasteiger partial charge < -0.3 is 14.8 Å². The number of hydrogen-bond donors (Lipinski definition) is 1. The fourth-order valence-electron chi connectivity index (χ4n) is 1.89. The number of methoxy groups -OCH3 is 2. The van der Waals surface area contributed by atoms with Crippen molar-refractivity contribution < 1.29 is 28.2 Å². The summed E-state index contributed by atoms with van der Waals surface area (Å²) in [7, 11) is 2.38. The Kier molecular flexibility index (Phi) is 6.49. The molecule has 22 heavy (non-hydrogen) atoms. The van der Waals surface area contributed by atoms with Crippen molar-refractivity contribution in [3.63, 3.8) is 0 Å². The Morgan fingerprint density at radius 3 is 2.36 bits per heavy atom. The lowest BCUT2D eigenvalue weighted by Crippen LogP contribution is -2.46. The third-order valence-corrected chi connectivity index (χ3v) is 3.15. The van der Waals surface area contributed by atoms with E-state index in [-0.39, 0.29) is 12.0 Å². The van der Waals surface area contributed by atoms with Crippen molar-refractivity contribution in [1.82, 2.24) is 5.32 Å². The van der Waals surface area contributed by atoms with E-state index in [1.54, 1.807) is 6.92 Å². The van der Waals surface area contributed by atoms with E-state index in [2.05, 4.69) is 14.8 Å². The van der Waals surface area contributed by atoms with Crippen molar-refractivity contribution >= 4 is 17.8 Å². The first-order valence-corrected chi connectivity index (χ1v) is 6.60. The van der Waals surface area contributed by atoms with E-state index < -0.39 is 35.6 Å². The number of ether oxygens (including phenoxy) is 2. The van der Waals surface area contributed by atoms with E-state index in [4.69, 9.17) is 0 Å². The van der Waals surface area contributed by atoms with E-state index in [0.29, 0.717) is 0 Å². The molecule has 0 radical (unpaired) electrons. The SMILES string of the molecule is COC(=O)C[C@@H](C)[C@@H](NC(=O)c1ccccc1F)C(=O)OC. The number of nitrogens with one attached hydrogen (secondary N) is 1. The van der Waals surface area contributed by atoms with Gasteiger partial charge in [-0.15, -0.1) is 0 Å². The van der Waals surface area contributed by atoms with Crippen LogP contribution in [0, 0.1) is 11.7 Å². The number of carbonyl (C=O) groups is 3. The summed E-state index contributed by atoms with van der Waals surface area (Å²) < 4.78 is 22.7. The van der Waals surface area contributed by atoms with Crippen LogP contribution in [0.5, 0.6) is 0 Å². The Labute approximate surface area is 127 Å². The van der Waals surface area contributed by atoms with Gasteiger partial charge in [-0.1, -0.05) is 19.1 Å². The van der Waals surface area contributed by atoms with Gasteiger partial charge in [0.1, 0.15) is 11.9 Å². The summed E-state index contributed by atoms with van der Waals surface area (Å²) in [6.07, 6.45) is -0.0895. The number of carbonyl (C=O) groups excluding carboxylic acids is 3. The predicted molar refractivity (Wildman–Crippen MR) is 75.5 cm³/mol. The highest BCUT2D eigenvalue weighted by atomic mass is 19.1. The Morgan fingerprint density at radius 2 is 1.82 bits per heavy atom. The van der Waals surface area contributed by atoms with Crippen LogP contribution in [0.2, 0.25) is 0 Å². The van der Waals surface area contributed by atoms with Crippen LogP contribution in [0.15, 0.2) is 24.3 Å². The molecule has 0 heterocycles. The molecule has 1 aromatic rings. The molecule has 7 heteroatoms. The maximum absolute atomic E-state index is 13.6. The fourth-order valence-corrected chi connectivity index (χ4v) is 1.89. The summed E-state index contributed by atoms with van der Waals surface area (Å²) in [5.41, 5.74) is -0.193. The van der Waals surface area contributed by atoms with E-state index in [0.717, 1.165) is 13.2 Å². The van der Waals surface area contributed by atoms with Gasteiger partial charge in [-0.3, -0.25) is 9.59 Å². The average Bonchev–Trinajstić information content (AvgIpc) is 2.51. The van der Waals surface area contributed by atoms with Crippen LogP contribution in [0.3, 0.4) is 0 Å². The molecule has 0 fully saturated rings. The summed E-state index contributed by atoms with van der Waals surface area (Å²) in [4.78, 5) is 35.2. The molecule has 0 aromatic heterocycles. The first kappa shape index (κ1) is 17.6. The van der Waals surface area contributed by atoms with Gasteiger partial charge in [0.15, 0.2) is 0 Å². The molecule has 6 nitrogen and oxygen atoms in total. The van der Waals surface area contributed by atoms with E-state index in [1.165, 1.54) is 25.3 Å². The van der Waals surface area contributed by atoms with Crippen molar-refractivity contribution in [3.05, 3.63) is 35.6 Å². The molecule has 1 rings (SSSR count). The average molecular weight is 311 g/mol. The highest BCUT2D eigenvalue weighted by Gasteiger charge is 2.30. The summed E-state index contributed by atoms with van der Waals surface area (Å²) in [5.74, 6) is -3.28. The van der Waals surface area contributed by atoms with Gasteiger partial charge >= 0.3 is 11.9 Å². The van der Waals surface area contributed by atoms with Gasteiger partial charge in [-0.25, -0.2) is 9.18 Å². The molecule has 2 atom stereocenters. The molecule has 0 aliphatic heterocycles. The highest BCUT2D eigenvalue weighted by Crippen LogP contribution is 2.13. The summed E-state index contributed by atoms with van der Waals surface area (Å²) >= 11 is 0. The zero-order valence-electron chi connectivity index (χ0n) is 12.6. The Balaban J connectivity index is 2.90. The Hall–Kier alpha value is -2.44. The second-order valence-corrected chi connectivity index (χ2v) is 4.71. The first-order valence-electron chi connectivity index (χ1n) is 6.60. The number of halogens is 1. The van der Waals surface area contributed by atoms with Crippen molar-refractivity contribution in [2.75, 3.05) is 14.2 Å². The summed E-state index contributed by atoms with van der Waals surface area (Å²) in [6, 6.07) is 4.30. The smallest absolute Gasteiger partial charge is 0.328 e. The molecule has 0 unspecified atom stereocenters. The maximum Gasteiger partial charge on any atom is 0.328 e. The minimum Gasteiger partial charge on any atom is -0.469 e. The van der Waals surface area contributed by atoms with Crippen molar-refractivity contribution in [3.8, 4) is 0 Å². The zero-order valence-corrected chi connectivity index (χ0v) is 12.6. The fraction of sp³-hybridized carbons (Fsp3) is 0.400. The molecule has 0 aliphatic rings. The second kappa shape index (κ2) is 8.11. The van der Waals surface area contributed by atoms with Gasteiger partial charge in [0.25, 0.3) is 5.91 Å².